The van der Waals surface area contributed by atoms with Gasteiger partial charge in [-0.3, -0.25) is 14.3 Å². The van der Waals surface area contributed by atoms with Gasteiger partial charge in [0.25, 0.3) is 5.91 Å². The number of urea groups is 1. The van der Waals surface area contributed by atoms with E-state index in [0.717, 1.165) is 13.1 Å². The molecule has 2 fully saturated rings. The molecule has 0 spiro atoms. The van der Waals surface area contributed by atoms with Crippen molar-refractivity contribution < 1.29 is 24.2 Å². The van der Waals surface area contributed by atoms with Crippen molar-refractivity contribution in [2.45, 2.75) is 25.0 Å². The van der Waals surface area contributed by atoms with Crippen molar-refractivity contribution >= 4 is 35.1 Å². The van der Waals surface area contributed by atoms with Crippen LogP contribution in [-0.2, 0) is 20.9 Å². The Kier molecular flexibility index (Phi) is 11.9. The molecular formula is C39H39ClN8O5. The predicted octanol–water partition coefficient (Wildman–Crippen LogP) is 4.09. The molecule has 4 aromatic rings. The predicted molar refractivity (Wildman–Crippen MR) is 199 cm³/mol. The Morgan fingerprint density at radius 2 is 1.77 bits per heavy atom. The molecule has 0 unspecified atom stereocenters. The number of benzene rings is 3. The molecule has 0 saturated carbocycles. The van der Waals surface area contributed by atoms with E-state index in [2.05, 4.69) is 38.5 Å². The van der Waals surface area contributed by atoms with Crippen molar-refractivity contribution in [3.05, 3.63) is 101 Å². The van der Waals surface area contributed by atoms with Gasteiger partial charge < -0.3 is 35.2 Å². The third-order valence-electron chi connectivity index (χ3n) is 9.07. The summed E-state index contributed by atoms with van der Waals surface area (Å²) in [6.45, 7) is 3.37. The van der Waals surface area contributed by atoms with E-state index < -0.39 is 23.9 Å². The van der Waals surface area contributed by atoms with Gasteiger partial charge in [-0.15, -0.1) is 0 Å². The van der Waals surface area contributed by atoms with Gasteiger partial charge in [-0.2, -0.15) is 10.4 Å². The minimum Gasteiger partial charge on any atom is -0.507 e. The minimum atomic E-state index is -0.989. The normalized spacial score (nSPS) is 16.5. The van der Waals surface area contributed by atoms with E-state index >= 15 is 0 Å². The van der Waals surface area contributed by atoms with Crippen LogP contribution in [0, 0.1) is 23.2 Å². The number of piperazine rings is 1. The number of carbonyl (C=O) groups excluding carboxylic acids is 3. The Balaban J connectivity index is 1.16. The molecule has 2 atom stereocenters. The molecule has 2 aliphatic rings. The Labute approximate surface area is 312 Å². The number of halogens is 1. The molecule has 14 heteroatoms. The van der Waals surface area contributed by atoms with Gasteiger partial charge in [-0.1, -0.05) is 53.8 Å². The average Bonchev–Trinajstić information content (AvgIpc) is 3.59. The number of amides is 4. The fraction of sp³-hybridized carbons (Fsp3) is 0.308. The number of nitriles is 1. The number of aromatic nitrogens is 2. The third-order valence-corrected chi connectivity index (χ3v) is 9.31. The third kappa shape index (κ3) is 9.15. The number of likely N-dealkylation sites (N-methyl/N-ethyl adjacent to an activating group) is 1. The van der Waals surface area contributed by atoms with E-state index in [0.29, 0.717) is 58.3 Å². The molecule has 2 saturated heterocycles. The molecule has 6 rings (SSSR count). The lowest BCUT2D eigenvalue weighted by Gasteiger charge is -2.38. The van der Waals surface area contributed by atoms with Gasteiger partial charge in [0.15, 0.2) is 0 Å². The number of nitrogens with zero attached hydrogens (tertiary/aromatic N) is 6. The number of carbonyl (C=O) groups is 3. The standard InChI is InChI=1S/C39H39ClN8O5/c1-45-18-20-46(21-19-45)39(52)43-36(28-6-3-2-4-7-28)38(51)48-22-23-53-26-33(48)37(50)42-31-13-9-27(10-14-31)8-11-29-25-47(17-5-16-41)44-35(29)32-24-30(40)12-15-34(32)49/h2-4,6-7,9-10,12-15,24-25,33,36,49H,5,17-23,26H2,1H3,(H,42,50)(H,43,52)/t33-,36+/m1/s1. The van der Waals surface area contributed by atoms with E-state index in [1.807, 2.05) is 25.2 Å². The quantitative estimate of drug-likeness (QED) is 0.229. The number of rotatable bonds is 8. The van der Waals surface area contributed by atoms with Crippen LogP contribution in [0.15, 0.2) is 79.0 Å². The molecule has 3 N–H and O–H groups in total. The molecule has 0 radical (unpaired) electrons. The highest BCUT2D eigenvalue weighted by Crippen LogP contribution is 2.33. The zero-order chi connectivity index (χ0) is 37.3. The summed E-state index contributed by atoms with van der Waals surface area (Å²) >= 11 is 6.20. The van der Waals surface area contributed by atoms with Crippen LogP contribution >= 0.6 is 11.6 Å². The lowest BCUT2D eigenvalue weighted by Crippen LogP contribution is -2.58. The summed E-state index contributed by atoms with van der Waals surface area (Å²) in [5.74, 6) is 5.39. The van der Waals surface area contributed by atoms with Gasteiger partial charge in [-0.25, -0.2) is 4.79 Å². The fourth-order valence-electron chi connectivity index (χ4n) is 6.10. The maximum atomic E-state index is 14.2. The van der Waals surface area contributed by atoms with Crippen molar-refractivity contribution in [3.63, 3.8) is 0 Å². The van der Waals surface area contributed by atoms with Gasteiger partial charge in [-0.05, 0) is 55.1 Å². The van der Waals surface area contributed by atoms with E-state index in [9.17, 15) is 19.5 Å². The number of phenols is 1. The number of morpholine rings is 1. The first-order valence-corrected chi connectivity index (χ1v) is 17.6. The number of phenolic OH excluding ortho intramolecular Hbond substituents is 1. The number of ether oxygens (including phenoxy) is 1. The van der Waals surface area contributed by atoms with Crippen LogP contribution in [-0.4, -0.2) is 106 Å². The topological polar surface area (TPSA) is 156 Å². The van der Waals surface area contributed by atoms with Gasteiger partial charge in [0.1, 0.15) is 23.5 Å². The zero-order valence-corrected chi connectivity index (χ0v) is 29.9. The summed E-state index contributed by atoms with van der Waals surface area (Å²) in [7, 11) is 2.00. The highest BCUT2D eigenvalue weighted by molar-refractivity contribution is 6.31. The summed E-state index contributed by atoms with van der Waals surface area (Å²) in [4.78, 5) is 46.5. The second kappa shape index (κ2) is 17.1. The summed E-state index contributed by atoms with van der Waals surface area (Å²) in [6.07, 6.45) is 1.97. The van der Waals surface area contributed by atoms with Crippen molar-refractivity contribution in [2.24, 2.45) is 0 Å². The fourth-order valence-corrected chi connectivity index (χ4v) is 6.27. The molecule has 272 valence electrons. The Hall–Kier alpha value is -5.86. The molecule has 3 heterocycles. The number of nitrogens with one attached hydrogen (secondary N) is 2. The van der Waals surface area contributed by atoms with Gasteiger partial charge in [0.2, 0.25) is 5.91 Å². The van der Waals surface area contributed by atoms with Crippen molar-refractivity contribution in [2.75, 3.05) is 58.3 Å². The SMILES string of the molecule is CN1CCN(C(=O)N[C@H](C(=O)N2CCOC[C@@H]2C(=O)Nc2ccc(C#Cc3cn(CCC#N)nc3-c3cc(Cl)ccc3O)cc2)c2ccccc2)CC1. The molecular weight excluding hydrogens is 696 g/mol. The number of hydrogen-bond acceptors (Lipinski definition) is 8. The second-order valence-electron chi connectivity index (χ2n) is 12.7. The van der Waals surface area contributed by atoms with Crippen LogP contribution < -0.4 is 10.6 Å². The zero-order valence-electron chi connectivity index (χ0n) is 29.2. The maximum absolute atomic E-state index is 14.2. The Morgan fingerprint density at radius 1 is 1.02 bits per heavy atom. The summed E-state index contributed by atoms with van der Waals surface area (Å²) in [5, 5.41) is 30.3. The van der Waals surface area contributed by atoms with Crippen LogP contribution in [0.5, 0.6) is 5.75 Å². The van der Waals surface area contributed by atoms with Crippen molar-refractivity contribution in [1.29, 1.82) is 5.26 Å². The van der Waals surface area contributed by atoms with Crippen LogP contribution in [0.1, 0.15) is 29.2 Å². The van der Waals surface area contributed by atoms with Crippen LogP contribution in [0.3, 0.4) is 0 Å². The smallest absolute Gasteiger partial charge is 0.318 e. The van der Waals surface area contributed by atoms with E-state index in [1.54, 1.807) is 64.3 Å². The Morgan fingerprint density at radius 3 is 2.51 bits per heavy atom. The monoisotopic (exact) mass is 734 g/mol. The molecule has 3 aromatic carbocycles. The molecule has 53 heavy (non-hydrogen) atoms. The van der Waals surface area contributed by atoms with Crippen molar-refractivity contribution in [1.82, 2.24) is 29.8 Å². The van der Waals surface area contributed by atoms with Crippen LogP contribution in [0.4, 0.5) is 10.5 Å². The lowest BCUT2D eigenvalue weighted by atomic mass is 10.0. The lowest BCUT2D eigenvalue weighted by molar-refractivity contribution is -0.148. The van der Waals surface area contributed by atoms with Gasteiger partial charge >= 0.3 is 6.03 Å². The summed E-state index contributed by atoms with van der Waals surface area (Å²) < 4.78 is 7.25. The minimum absolute atomic E-state index is 0.00160. The molecule has 0 aliphatic carbocycles. The summed E-state index contributed by atoms with van der Waals surface area (Å²) in [6, 6.07) is 20.5. The second-order valence-corrected chi connectivity index (χ2v) is 13.2. The average molecular weight is 735 g/mol. The summed E-state index contributed by atoms with van der Waals surface area (Å²) in [5.41, 5.74) is 3.15. The molecule has 2 aliphatic heterocycles. The molecule has 13 nitrogen and oxygen atoms in total. The number of hydrogen-bond donors (Lipinski definition) is 3. The molecule has 1 aromatic heterocycles. The highest BCUT2D eigenvalue weighted by Gasteiger charge is 2.38. The van der Waals surface area contributed by atoms with Gasteiger partial charge in [0, 0.05) is 60.8 Å². The first-order valence-electron chi connectivity index (χ1n) is 17.2. The van der Waals surface area contributed by atoms with Crippen LogP contribution in [0.2, 0.25) is 5.02 Å². The number of anilines is 1. The largest absolute Gasteiger partial charge is 0.507 e. The number of aromatic hydroxyl groups is 1. The first kappa shape index (κ1) is 36.9. The van der Waals surface area contributed by atoms with Crippen LogP contribution in [0.25, 0.3) is 11.3 Å². The van der Waals surface area contributed by atoms with Gasteiger partial charge in [0.05, 0.1) is 37.8 Å². The van der Waals surface area contributed by atoms with E-state index in [1.165, 1.54) is 11.0 Å². The van der Waals surface area contributed by atoms with Crippen molar-refractivity contribution in [3.8, 4) is 34.9 Å². The first-order chi connectivity index (χ1) is 25.7. The maximum Gasteiger partial charge on any atom is 0.318 e. The molecule has 4 amide bonds. The molecule has 0 bridgehead atoms. The number of aryl methyl sites for hydroxylation is 1. The Bertz CT molecular complexity index is 2050. The van der Waals surface area contributed by atoms with E-state index in [-0.39, 0.29) is 38.0 Å². The highest BCUT2D eigenvalue weighted by atomic mass is 35.5. The van der Waals surface area contributed by atoms with E-state index in [4.69, 9.17) is 21.6 Å².